The van der Waals surface area contributed by atoms with Crippen LogP contribution < -0.4 is 19.8 Å². The molecule has 0 aromatic heterocycles. The summed E-state index contributed by atoms with van der Waals surface area (Å²) in [5, 5.41) is 22.7. The summed E-state index contributed by atoms with van der Waals surface area (Å²) >= 11 is 0. The lowest BCUT2D eigenvalue weighted by atomic mass is 9.76. The average Bonchev–Trinajstić information content (AvgIpc) is 3.11. The zero-order valence-corrected chi connectivity index (χ0v) is 28.2. The molecule has 0 unspecified atom stereocenters. The van der Waals surface area contributed by atoms with Crippen LogP contribution in [0, 0.1) is 87.3 Å². The van der Waals surface area contributed by atoms with Crippen molar-refractivity contribution in [2.75, 3.05) is 39.3 Å². The fraction of sp³-hybridized carbons (Fsp3) is 0.419. The molecule has 0 saturated carbocycles. The summed E-state index contributed by atoms with van der Waals surface area (Å²) in [7, 11) is -4.49. The second-order valence-electron chi connectivity index (χ2n) is 10.5. The molecule has 0 aliphatic heterocycles. The van der Waals surface area contributed by atoms with Crippen molar-refractivity contribution < 1.29 is 90.4 Å². The molecule has 3 rings (SSSR count). The van der Waals surface area contributed by atoms with Crippen molar-refractivity contribution in [2.45, 2.75) is 47.1 Å². The van der Waals surface area contributed by atoms with Gasteiger partial charge in [-0.1, -0.05) is 0 Å². The fourth-order valence-electron chi connectivity index (χ4n) is 4.94. The van der Waals surface area contributed by atoms with Crippen molar-refractivity contribution in [3.8, 4) is 0 Å². The molecule has 0 spiro atoms. The van der Waals surface area contributed by atoms with Crippen molar-refractivity contribution in [2.24, 2.45) is 0 Å². The highest BCUT2D eigenvalue weighted by Crippen LogP contribution is 2.49. The van der Waals surface area contributed by atoms with Crippen molar-refractivity contribution in [3.05, 3.63) is 104 Å². The zero-order valence-electron chi connectivity index (χ0n) is 28.2. The number of benzene rings is 3. The maximum Gasteiger partial charge on any atom is 0.200 e. The molecule has 0 heterocycles. The summed E-state index contributed by atoms with van der Waals surface area (Å²) in [4.78, 5) is 3.36. The Bertz CT molecular complexity index is 1430. The second-order valence-corrected chi connectivity index (χ2v) is 10.5. The molecule has 0 aliphatic rings. The molecule has 0 fully saturated rings. The molecule has 0 saturated heterocycles. The van der Waals surface area contributed by atoms with Crippen LogP contribution in [0.15, 0.2) is 0 Å². The normalized spacial score (nSPS) is 11.5. The fourth-order valence-corrected chi connectivity index (χ4v) is 4.94. The van der Waals surface area contributed by atoms with E-state index in [4.69, 9.17) is 0 Å². The third-order valence-corrected chi connectivity index (χ3v) is 7.96. The summed E-state index contributed by atoms with van der Waals surface area (Å²) in [5.74, 6) is -49.8. The van der Waals surface area contributed by atoms with E-state index in [9.17, 15) is 75.9 Å². The Morgan fingerprint density at radius 3 is 0.635 bits per heavy atom. The number of quaternary nitrogens is 2. The lowest BCUT2D eigenvalue weighted by Gasteiger charge is -2.44. The van der Waals surface area contributed by atoms with Gasteiger partial charge in [0.15, 0.2) is 69.8 Å². The van der Waals surface area contributed by atoms with Crippen molar-refractivity contribution in [3.63, 3.8) is 0 Å². The Labute approximate surface area is 288 Å². The molecule has 292 valence electrons. The van der Waals surface area contributed by atoms with Gasteiger partial charge in [0.2, 0.25) is 17.5 Å². The van der Waals surface area contributed by atoms with Crippen LogP contribution in [-0.2, 0) is 10.3 Å². The summed E-state index contributed by atoms with van der Waals surface area (Å²) in [6.45, 7) is 21.0. The zero-order chi connectivity index (χ0) is 40.6. The van der Waals surface area contributed by atoms with Gasteiger partial charge in [0.05, 0.1) is 63.3 Å². The van der Waals surface area contributed by atoms with Gasteiger partial charge in [-0.2, -0.15) is 0 Å². The molecule has 3 aromatic carbocycles. The lowest BCUT2D eigenvalue weighted by Crippen LogP contribution is -3.11. The molecular weight excluding hydrogens is 744 g/mol. The van der Waals surface area contributed by atoms with Gasteiger partial charge < -0.3 is 24.5 Å². The minimum absolute atomic E-state index is 1.27. The van der Waals surface area contributed by atoms with E-state index in [2.05, 4.69) is 46.2 Å². The molecule has 0 radical (unpaired) electrons. The van der Waals surface area contributed by atoms with Gasteiger partial charge in [-0.05, 0) is 41.5 Å². The molecule has 21 heteroatoms. The van der Waals surface area contributed by atoms with E-state index in [1.54, 1.807) is 9.80 Å². The van der Waals surface area contributed by atoms with Gasteiger partial charge in [-0.25, -0.2) is 65.9 Å². The summed E-state index contributed by atoms with van der Waals surface area (Å²) in [6, 6.07) is 0. The predicted octanol–water partition coefficient (Wildman–Crippen LogP) is 3.65. The van der Waals surface area contributed by atoms with Crippen LogP contribution in [0.4, 0.5) is 65.9 Å². The van der Waals surface area contributed by atoms with E-state index < -0.39 is 117 Å². The van der Waals surface area contributed by atoms with Crippen molar-refractivity contribution in [1.82, 2.24) is 0 Å². The average molecular weight is 776 g/mol. The SMILES string of the molecule is CC[NH+](CC)CC.CC[NH+](CC)CC.[O-]B([O-])OC(c1c(F)c(F)c(F)c(F)c1F)(c1c(F)c(F)c(F)c(F)c1F)c1c(F)c(F)c(F)c(F)c1F. The largest absolute Gasteiger partial charge is 0.871 e. The minimum Gasteiger partial charge on any atom is -0.871 e. The minimum atomic E-state index is -5.55. The Balaban J connectivity index is 0.000000812. The highest BCUT2D eigenvalue weighted by molar-refractivity contribution is 6.28. The third kappa shape index (κ3) is 8.98. The molecule has 0 amide bonds. The third-order valence-electron chi connectivity index (χ3n) is 7.96. The highest BCUT2D eigenvalue weighted by atomic mass is 19.2. The first-order valence-electron chi connectivity index (χ1n) is 15.4. The Kier molecular flexibility index (Phi) is 17.5. The first kappa shape index (κ1) is 46.5. The van der Waals surface area contributed by atoms with E-state index in [0.717, 1.165) is 0 Å². The maximum atomic E-state index is 14.8. The molecule has 3 aromatic rings. The topological polar surface area (TPSA) is 64.2 Å². The van der Waals surface area contributed by atoms with Crippen LogP contribution in [-0.4, -0.2) is 46.6 Å². The monoisotopic (exact) mass is 776 g/mol. The standard InChI is InChI=1S/C19BF15O3.2C6H15N/c21-4-1(5(22)11(28)16(33)10(4)27)19(38-20(36)37,2-6(23)12(29)17(34)13(30)7(2)24)3-8(25)14(31)18(35)15(32)9(3)26;2*1-4-7(5-2)6-3/h;2*4-6H2,1-3H3/q-2;;/p+2. The van der Waals surface area contributed by atoms with Gasteiger partial charge in [-0.3, -0.25) is 0 Å². The van der Waals surface area contributed by atoms with E-state index in [0.29, 0.717) is 0 Å². The summed E-state index contributed by atoms with van der Waals surface area (Å²) in [5.41, 5.74) is -15.4. The predicted molar refractivity (Wildman–Crippen MR) is 151 cm³/mol. The number of hydrogen-bond donors (Lipinski definition) is 2. The van der Waals surface area contributed by atoms with Crippen molar-refractivity contribution >= 4 is 7.32 Å². The first-order valence-corrected chi connectivity index (χ1v) is 15.4. The maximum absolute atomic E-state index is 14.8. The molecule has 2 N–H and O–H groups in total. The van der Waals surface area contributed by atoms with Gasteiger partial charge in [-0.15, -0.1) is 0 Å². The van der Waals surface area contributed by atoms with E-state index >= 15 is 0 Å². The van der Waals surface area contributed by atoms with Gasteiger partial charge in [0.25, 0.3) is 0 Å². The number of hydrogen-bond acceptors (Lipinski definition) is 3. The van der Waals surface area contributed by atoms with E-state index in [-0.39, 0.29) is 0 Å². The quantitative estimate of drug-likeness (QED) is 0.103. The second kappa shape index (κ2) is 19.5. The van der Waals surface area contributed by atoms with E-state index in [1.807, 2.05) is 0 Å². The van der Waals surface area contributed by atoms with Crippen LogP contribution in [0.2, 0.25) is 0 Å². The molecular formula is C31H32BF15N2O3. The molecule has 52 heavy (non-hydrogen) atoms. The highest BCUT2D eigenvalue weighted by Gasteiger charge is 2.54. The Morgan fingerprint density at radius 1 is 0.365 bits per heavy atom. The Morgan fingerprint density at radius 2 is 0.519 bits per heavy atom. The summed E-state index contributed by atoms with van der Waals surface area (Å²) < 4.78 is 217. The van der Waals surface area contributed by atoms with E-state index in [1.165, 1.54) is 39.3 Å². The first-order chi connectivity index (χ1) is 24.1. The smallest absolute Gasteiger partial charge is 0.200 e. The van der Waals surface area contributed by atoms with Gasteiger partial charge >= 0.3 is 0 Å². The van der Waals surface area contributed by atoms with Gasteiger partial charge in [0.1, 0.15) is 5.60 Å². The summed E-state index contributed by atoms with van der Waals surface area (Å²) in [6.07, 6.45) is 0. The van der Waals surface area contributed by atoms with Crippen LogP contribution in [0.1, 0.15) is 58.2 Å². The molecule has 0 aliphatic carbocycles. The van der Waals surface area contributed by atoms with Crippen molar-refractivity contribution in [1.29, 1.82) is 0 Å². The van der Waals surface area contributed by atoms with Crippen LogP contribution in [0.25, 0.3) is 0 Å². The molecule has 0 atom stereocenters. The number of halogens is 15. The lowest BCUT2D eigenvalue weighted by molar-refractivity contribution is -0.894. The van der Waals surface area contributed by atoms with Crippen LogP contribution in [0.5, 0.6) is 0 Å². The number of rotatable bonds is 11. The molecule has 5 nitrogen and oxygen atoms in total. The van der Waals surface area contributed by atoms with Crippen LogP contribution in [0.3, 0.4) is 0 Å². The van der Waals surface area contributed by atoms with Gasteiger partial charge in [0, 0.05) is 0 Å². The molecule has 0 bridgehead atoms. The Hall–Kier alpha value is -3.53. The van der Waals surface area contributed by atoms with Crippen LogP contribution >= 0.6 is 0 Å². The number of nitrogens with one attached hydrogen (secondary N) is 2.